The Morgan fingerprint density at radius 2 is 2.10 bits per heavy atom. The van der Waals surface area contributed by atoms with Crippen LogP contribution in [0.1, 0.15) is 55.1 Å². The van der Waals surface area contributed by atoms with Crippen LogP contribution in [0.4, 0.5) is 11.8 Å². The number of nitrogens with two attached hydrogens (primary N) is 1. The summed E-state index contributed by atoms with van der Waals surface area (Å²) in [5, 5.41) is 19.6. The molecule has 0 radical (unpaired) electrons. The van der Waals surface area contributed by atoms with Gasteiger partial charge in [-0.2, -0.15) is 4.98 Å². The van der Waals surface area contributed by atoms with Crippen LogP contribution in [0, 0.1) is 0 Å². The first kappa shape index (κ1) is 22.2. The Kier molecular flexibility index (Phi) is 7.81. The van der Waals surface area contributed by atoms with Gasteiger partial charge in [0.25, 0.3) is 5.91 Å². The average Bonchev–Trinajstić information content (AvgIpc) is 3.07. The van der Waals surface area contributed by atoms with Crippen LogP contribution in [0.3, 0.4) is 0 Å². The summed E-state index contributed by atoms with van der Waals surface area (Å²) >= 11 is 6.11. The van der Waals surface area contributed by atoms with Crippen molar-refractivity contribution in [2.45, 2.75) is 51.6 Å². The summed E-state index contributed by atoms with van der Waals surface area (Å²) in [6.07, 6.45) is 5.80. The first-order valence-corrected chi connectivity index (χ1v) is 11.0. The highest BCUT2D eigenvalue weighted by Gasteiger charge is 2.25. The number of benzene rings is 1. The van der Waals surface area contributed by atoms with Gasteiger partial charge in [0.1, 0.15) is 5.75 Å². The molecule has 9 heteroatoms. The van der Waals surface area contributed by atoms with Crippen LogP contribution in [0.5, 0.6) is 5.75 Å². The number of imidazole rings is 1. The summed E-state index contributed by atoms with van der Waals surface area (Å²) in [7, 11) is 0. The Labute approximate surface area is 182 Å². The zero-order valence-corrected chi connectivity index (χ0v) is 18.1. The molecule has 1 aliphatic rings. The maximum absolute atomic E-state index is 12.9. The van der Waals surface area contributed by atoms with Crippen LogP contribution < -0.4 is 21.7 Å². The Bertz CT molecular complexity index is 863. The third kappa shape index (κ3) is 5.37. The number of hydrogen-bond donors (Lipinski definition) is 5. The molecule has 8 nitrogen and oxygen atoms in total. The van der Waals surface area contributed by atoms with Crippen molar-refractivity contribution >= 4 is 29.3 Å². The maximum atomic E-state index is 12.9. The second-order valence-corrected chi connectivity index (χ2v) is 7.97. The average molecular weight is 435 g/mol. The first-order valence-electron chi connectivity index (χ1n) is 10.6. The Morgan fingerprint density at radius 3 is 2.77 bits per heavy atom. The molecule has 0 saturated heterocycles. The van der Waals surface area contributed by atoms with Gasteiger partial charge in [-0.1, -0.05) is 36.9 Å². The minimum atomic E-state index is -0.203. The van der Waals surface area contributed by atoms with E-state index in [2.05, 4.69) is 16.0 Å². The van der Waals surface area contributed by atoms with Crippen molar-refractivity contribution in [3.8, 4) is 5.75 Å². The van der Waals surface area contributed by atoms with Crippen molar-refractivity contribution in [3.05, 3.63) is 34.5 Å². The summed E-state index contributed by atoms with van der Waals surface area (Å²) in [5.41, 5.74) is 6.97. The number of aromatic nitrogens is 2. The van der Waals surface area contributed by atoms with E-state index >= 15 is 0 Å². The number of aromatic hydroxyl groups is 1. The van der Waals surface area contributed by atoms with Crippen molar-refractivity contribution in [1.82, 2.24) is 14.9 Å². The second-order valence-electron chi connectivity index (χ2n) is 7.56. The van der Waals surface area contributed by atoms with E-state index in [4.69, 9.17) is 22.3 Å². The normalized spacial score (nSPS) is 14.5. The molecule has 1 amide bonds. The fraction of sp³-hybridized carbons (Fsp3) is 0.524. The van der Waals surface area contributed by atoms with E-state index in [-0.39, 0.29) is 16.7 Å². The molecule has 164 valence electrons. The molecule has 1 aromatic heterocycles. The van der Waals surface area contributed by atoms with Gasteiger partial charge in [-0.3, -0.25) is 9.36 Å². The quantitative estimate of drug-likeness (QED) is 0.414. The molecule has 1 saturated carbocycles. The minimum absolute atomic E-state index is 0.0286. The second kappa shape index (κ2) is 10.5. The van der Waals surface area contributed by atoms with Gasteiger partial charge in [0, 0.05) is 25.7 Å². The van der Waals surface area contributed by atoms with E-state index in [0.717, 1.165) is 18.4 Å². The van der Waals surface area contributed by atoms with Gasteiger partial charge in [0.15, 0.2) is 11.5 Å². The molecular weight excluding hydrogens is 404 g/mol. The molecule has 0 unspecified atom stereocenters. The molecule has 2 aromatic rings. The Balaban J connectivity index is 2.01. The van der Waals surface area contributed by atoms with Crippen molar-refractivity contribution in [2.75, 3.05) is 30.3 Å². The topological polar surface area (TPSA) is 117 Å². The number of halogens is 1. The SMILES string of the molecule is CCNC(=O)c1c(NCCN)nc(NC2CCCCC2)n1Cc1ccc(O)c(Cl)c1. The zero-order valence-electron chi connectivity index (χ0n) is 17.4. The molecule has 0 spiro atoms. The molecule has 1 aromatic carbocycles. The van der Waals surface area contributed by atoms with Crippen molar-refractivity contribution < 1.29 is 9.90 Å². The fourth-order valence-corrected chi connectivity index (χ4v) is 3.97. The molecule has 6 N–H and O–H groups in total. The summed E-state index contributed by atoms with van der Waals surface area (Å²) in [4.78, 5) is 17.7. The third-order valence-electron chi connectivity index (χ3n) is 5.25. The smallest absolute Gasteiger partial charge is 0.271 e. The standard InChI is InChI=1S/C21H31ClN6O2/c1-2-24-20(30)18-19(25-11-10-23)27-21(26-15-6-4-3-5-7-15)28(18)13-14-8-9-17(29)16(22)12-14/h8-9,12,15,25,29H,2-7,10-11,13,23H2,1H3,(H,24,30)(H,26,27). The highest BCUT2D eigenvalue weighted by molar-refractivity contribution is 6.32. The number of hydrogen-bond acceptors (Lipinski definition) is 6. The first-order chi connectivity index (χ1) is 14.5. The van der Waals surface area contributed by atoms with Gasteiger partial charge in [-0.15, -0.1) is 0 Å². The number of anilines is 2. The lowest BCUT2D eigenvalue weighted by Gasteiger charge is -2.24. The van der Waals surface area contributed by atoms with E-state index in [0.29, 0.717) is 49.7 Å². The number of rotatable bonds is 9. The van der Waals surface area contributed by atoms with Crippen LogP contribution in [-0.2, 0) is 6.54 Å². The van der Waals surface area contributed by atoms with Crippen molar-refractivity contribution in [1.29, 1.82) is 0 Å². The zero-order chi connectivity index (χ0) is 21.5. The molecule has 1 fully saturated rings. The van der Waals surface area contributed by atoms with Gasteiger partial charge >= 0.3 is 0 Å². The molecule has 1 heterocycles. The number of carbonyl (C=O) groups excluding carboxylic acids is 1. The molecule has 0 aliphatic heterocycles. The summed E-state index contributed by atoms with van der Waals surface area (Å²) in [6, 6.07) is 5.38. The van der Waals surface area contributed by atoms with Crippen LogP contribution in [0.15, 0.2) is 18.2 Å². The molecular formula is C21H31ClN6O2. The predicted molar refractivity (Wildman–Crippen MR) is 120 cm³/mol. The minimum Gasteiger partial charge on any atom is -0.506 e. The van der Waals surface area contributed by atoms with Crippen LogP contribution >= 0.6 is 11.6 Å². The molecule has 0 bridgehead atoms. The van der Waals surface area contributed by atoms with E-state index in [1.165, 1.54) is 19.3 Å². The van der Waals surface area contributed by atoms with Crippen molar-refractivity contribution in [3.63, 3.8) is 0 Å². The van der Waals surface area contributed by atoms with Gasteiger partial charge < -0.3 is 26.8 Å². The predicted octanol–water partition coefficient (Wildman–Crippen LogP) is 3.16. The lowest BCUT2D eigenvalue weighted by molar-refractivity contribution is 0.0948. The maximum Gasteiger partial charge on any atom is 0.271 e. The van der Waals surface area contributed by atoms with Crippen molar-refractivity contribution in [2.24, 2.45) is 5.73 Å². The lowest BCUT2D eigenvalue weighted by Crippen LogP contribution is -2.29. The largest absolute Gasteiger partial charge is 0.506 e. The van der Waals surface area contributed by atoms with E-state index < -0.39 is 0 Å². The van der Waals surface area contributed by atoms with Crippen LogP contribution in [0.2, 0.25) is 5.02 Å². The fourth-order valence-electron chi connectivity index (χ4n) is 3.77. The van der Waals surface area contributed by atoms with E-state index in [9.17, 15) is 9.90 Å². The molecule has 0 atom stereocenters. The van der Waals surface area contributed by atoms with Gasteiger partial charge in [0.05, 0.1) is 11.6 Å². The molecule has 3 rings (SSSR count). The molecule has 30 heavy (non-hydrogen) atoms. The van der Waals surface area contributed by atoms with Crippen LogP contribution in [0.25, 0.3) is 0 Å². The number of phenols is 1. The lowest BCUT2D eigenvalue weighted by atomic mass is 9.96. The number of nitrogens with one attached hydrogen (secondary N) is 3. The van der Waals surface area contributed by atoms with E-state index in [1.807, 2.05) is 11.5 Å². The van der Waals surface area contributed by atoms with E-state index in [1.54, 1.807) is 18.2 Å². The van der Waals surface area contributed by atoms with Gasteiger partial charge in [0.2, 0.25) is 5.95 Å². The number of amides is 1. The number of phenolic OH excluding ortho intramolecular Hbond substituents is 1. The highest BCUT2D eigenvalue weighted by Crippen LogP contribution is 2.29. The van der Waals surface area contributed by atoms with Gasteiger partial charge in [-0.05, 0) is 37.5 Å². The summed E-state index contributed by atoms with van der Waals surface area (Å²) in [6.45, 7) is 3.72. The summed E-state index contributed by atoms with van der Waals surface area (Å²) in [5.74, 6) is 0.980. The number of carbonyl (C=O) groups is 1. The number of nitrogens with zero attached hydrogens (tertiary/aromatic N) is 2. The monoisotopic (exact) mass is 434 g/mol. The summed E-state index contributed by atoms with van der Waals surface area (Å²) < 4.78 is 1.88. The highest BCUT2D eigenvalue weighted by atomic mass is 35.5. The third-order valence-corrected chi connectivity index (χ3v) is 5.55. The van der Waals surface area contributed by atoms with Crippen LogP contribution in [-0.4, -0.2) is 46.2 Å². The Hall–Kier alpha value is -2.45. The Morgan fingerprint density at radius 1 is 1.33 bits per heavy atom. The van der Waals surface area contributed by atoms with Gasteiger partial charge in [-0.25, -0.2) is 0 Å². The molecule has 1 aliphatic carbocycles.